The Bertz CT molecular complexity index is 560. The molecule has 0 spiro atoms. The van der Waals surface area contributed by atoms with Crippen molar-refractivity contribution in [1.29, 1.82) is 0 Å². The fourth-order valence-corrected chi connectivity index (χ4v) is 2.23. The number of carbonyl (C=O) groups excluding carboxylic acids is 1. The van der Waals surface area contributed by atoms with Gasteiger partial charge in [0.15, 0.2) is 5.78 Å². The van der Waals surface area contributed by atoms with Gasteiger partial charge in [-0.2, -0.15) is 0 Å². The summed E-state index contributed by atoms with van der Waals surface area (Å²) in [4.78, 5) is 12.0. The van der Waals surface area contributed by atoms with Crippen LogP contribution in [0.5, 0.6) is 0 Å². The Balaban J connectivity index is 0.00000242. The third-order valence-electron chi connectivity index (χ3n) is 3.53. The quantitative estimate of drug-likeness (QED) is 0.769. The molecular weight excluding hydrogens is 298 g/mol. The second-order valence-electron chi connectivity index (χ2n) is 5.14. The number of Topliss-reactive ketones (excluding diaryl/α,β-unsaturated/α-hetero) is 1. The molecule has 2 N–H and O–H groups in total. The van der Waals surface area contributed by atoms with Crippen LogP contribution in [0.25, 0.3) is 0 Å². The van der Waals surface area contributed by atoms with E-state index in [-0.39, 0.29) is 24.2 Å². The highest BCUT2D eigenvalue weighted by Gasteiger charge is 2.15. The number of carbonyl (C=O) groups is 1. The van der Waals surface area contributed by atoms with Gasteiger partial charge in [-0.15, -0.1) is 12.4 Å². The fourth-order valence-electron chi connectivity index (χ4n) is 2.23. The Hall–Kier alpha value is -1.68. The summed E-state index contributed by atoms with van der Waals surface area (Å²) < 4.78 is 0. The molecule has 0 radical (unpaired) electrons. The first kappa shape index (κ1) is 18.4. The van der Waals surface area contributed by atoms with Crippen LogP contribution in [0.1, 0.15) is 35.4 Å². The molecule has 2 aromatic rings. The van der Waals surface area contributed by atoms with E-state index in [4.69, 9.17) is 0 Å². The molecule has 0 heterocycles. The molecule has 0 aromatic heterocycles. The minimum Gasteiger partial charge on any atom is -0.387 e. The van der Waals surface area contributed by atoms with E-state index in [1.54, 1.807) is 0 Å². The first-order valence-corrected chi connectivity index (χ1v) is 7.23. The zero-order valence-corrected chi connectivity index (χ0v) is 13.4. The van der Waals surface area contributed by atoms with Gasteiger partial charge in [-0.1, -0.05) is 60.7 Å². The van der Waals surface area contributed by atoms with E-state index in [0.29, 0.717) is 13.0 Å². The molecule has 0 fully saturated rings. The molecule has 0 bridgehead atoms. The molecule has 3 nitrogen and oxygen atoms in total. The van der Waals surface area contributed by atoms with Crippen LogP contribution in [0.2, 0.25) is 0 Å². The lowest BCUT2D eigenvalue weighted by atomic mass is 10.0. The highest BCUT2D eigenvalue weighted by Crippen LogP contribution is 2.16. The molecule has 0 aliphatic heterocycles. The Morgan fingerprint density at radius 1 is 1.05 bits per heavy atom. The zero-order valence-electron chi connectivity index (χ0n) is 12.6. The van der Waals surface area contributed by atoms with E-state index in [1.165, 1.54) is 0 Å². The van der Waals surface area contributed by atoms with Gasteiger partial charge in [-0.3, -0.25) is 4.79 Å². The van der Waals surface area contributed by atoms with Gasteiger partial charge in [0.2, 0.25) is 0 Å². The summed E-state index contributed by atoms with van der Waals surface area (Å²) >= 11 is 0. The lowest BCUT2D eigenvalue weighted by molar-refractivity contribution is 0.0972. The summed E-state index contributed by atoms with van der Waals surface area (Å²) in [6.45, 7) is 2.48. The predicted molar refractivity (Wildman–Crippen MR) is 91.5 cm³/mol. The SMILES string of the molecule is C[C@@H](NCCC(=O)c1ccccc1)[C@@H](O)c1ccccc1.Cl. The molecule has 0 aliphatic carbocycles. The topological polar surface area (TPSA) is 49.3 Å². The Morgan fingerprint density at radius 3 is 2.18 bits per heavy atom. The summed E-state index contributed by atoms with van der Waals surface area (Å²) in [6, 6.07) is 18.7. The van der Waals surface area contributed by atoms with Crippen molar-refractivity contribution in [2.45, 2.75) is 25.5 Å². The van der Waals surface area contributed by atoms with Gasteiger partial charge in [-0.25, -0.2) is 0 Å². The van der Waals surface area contributed by atoms with Gasteiger partial charge < -0.3 is 10.4 Å². The molecule has 0 unspecified atom stereocenters. The Morgan fingerprint density at radius 2 is 1.59 bits per heavy atom. The highest BCUT2D eigenvalue weighted by molar-refractivity contribution is 5.96. The number of rotatable bonds is 7. The number of benzene rings is 2. The van der Waals surface area contributed by atoms with Gasteiger partial charge in [-0.05, 0) is 12.5 Å². The lowest BCUT2D eigenvalue weighted by Crippen LogP contribution is -2.33. The van der Waals surface area contributed by atoms with E-state index in [0.717, 1.165) is 11.1 Å². The van der Waals surface area contributed by atoms with Gasteiger partial charge in [0, 0.05) is 24.6 Å². The maximum absolute atomic E-state index is 12.0. The average molecular weight is 320 g/mol. The molecule has 2 aromatic carbocycles. The van der Waals surface area contributed by atoms with Crippen LogP contribution >= 0.6 is 12.4 Å². The van der Waals surface area contributed by atoms with Crippen molar-refractivity contribution in [2.24, 2.45) is 0 Å². The van der Waals surface area contributed by atoms with E-state index in [9.17, 15) is 9.90 Å². The number of aliphatic hydroxyl groups excluding tert-OH is 1. The summed E-state index contributed by atoms with van der Waals surface area (Å²) in [5.41, 5.74) is 1.61. The highest BCUT2D eigenvalue weighted by atomic mass is 35.5. The van der Waals surface area contributed by atoms with Gasteiger partial charge in [0.25, 0.3) is 0 Å². The van der Waals surface area contributed by atoms with Crippen LogP contribution in [0, 0.1) is 0 Å². The number of halogens is 1. The van der Waals surface area contributed by atoms with Gasteiger partial charge >= 0.3 is 0 Å². The van der Waals surface area contributed by atoms with E-state index in [1.807, 2.05) is 67.6 Å². The van der Waals surface area contributed by atoms with Crippen LogP contribution in [-0.2, 0) is 0 Å². The third kappa shape index (κ3) is 5.26. The zero-order chi connectivity index (χ0) is 15.1. The van der Waals surface area contributed by atoms with Crippen molar-refractivity contribution in [2.75, 3.05) is 6.54 Å². The molecule has 118 valence electrons. The smallest absolute Gasteiger partial charge is 0.164 e. The van der Waals surface area contributed by atoms with Crippen LogP contribution < -0.4 is 5.32 Å². The Labute approximate surface area is 137 Å². The molecular formula is C18H22ClNO2. The van der Waals surface area contributed by atoms with Crippen LogP contribution in [0.4, 0.5) is 0 Å². The molecule has 0 aliphatic rings. The molecule has 4 heteroatoms. The van der Waals surface area contributed by atoms with Crippen LogP contribution in [0.15, 0.2) is 60.7 Å². The Kier molecular flexibility index (Phi) is 7.82. The maximum Gasteiger partial charge on any atom is 0.164 e. The first-order chi connectivity index (χ1) is 10.2. The van der Waals surface area contributed by atoms with Crippen LogP contribution in [-0.4, -0.2) is 23.5 Å². The number of ketones is 1. The predicted octanol–water partition coefficient (Wildman–Crippen LogP) is 3.39. The van der Waals surface area contributed by atoms with Crippen LogP contribution in [0.3, 0.4) is 0 Å². The number of hydrogen-bond acceptors (Lipinski definition) is 3. The van der Waals surface area contributed by atoms with Crippen molar-refractivity contribution in [1.82, 2.24) is 5.32 Å². The largest absolute Gasteiger partial charge is 0.387 e. The number of nitrogens with one attached hydrogen (secondary N) is 1. The average Bonchev–Trinajstić information content (AvgIpc) is 2.55. The number of hydrogen-bond donors (Lipinski definition) is 2. The van der Waals surface area contributed by atoms with E-state index < -0.39 is 6.10 Å². The summed E-state index contributed by atoms with van der Waals surface area (Å²) in [5, 5.41) is 13.4. The molecule has 0 saturated heterocycles. The molecule has 2 rings (SSSR count). The van der Waals surface area contributed by atoms with Crippen molar-refractivity contribution in [3.63, 3.8) is 0 Å². The molecule has 2 atom stereocenters. The van der Waals surface area contributed by atoms with Crippen molar-refractivity contribution >= 4 is 18.2 Å². The second-order valence-corrected chi connectivity index (χ2v) is 5.14. The normalized spacial score (nSPS) is 13.0. The summed E-state index contributed by atoms with van der Waals surface area (Å²) in [6.07, 6.45) is -0.145. The monoisotopic (exact) mass is 319 g/mol. The summed E-state index contributed by atoms with van der Waals surface area (Å²) in [5.74, 6) is 0.115. The lowest BCUT2D eigenvalue weighted by Gasteiger charge is -2.20. The molecule has 0 saturated carbocycles. The molecule has 22 heavy (non-hydrogen) atoms. The minimum absolute atomic E-state index is 0. The van der Waals surface area contributed by atoms with Gasteiger partial charge in [0.05, 0.1) is 6.10 Å². The molecule has 0 amide bonds. The van der Waals surface area contributed by atoms with Gasteiger partial charge in [0.1, 0.15) is 0 Å². The second kappa shape index (κ2) is 9.36. The van der Waals surface area contributed by atoms with Crippen molar-refractivity contribution in [3.05, 3.63) is 71.8 Å². The maximum atomic E-state index is 12.0. The fraction of sp³-hybridized carbons (Fsp3) is 0.278. The number of aliphatic hydroxyl groups is 1. The standard InChI is InChI=1S/C18H21NO2.ClH/c1-14(18(21)16-10-6-3-7-11-16)19-13-12-17(20)15-8-4-2-5-9-15;/h2-11,14,18-19,21H,12-13H2,1H3;1H/t14-,18-;/m1./s1. The van der Waals surface area contributed by atoms with E-state index in [2.05, 4.69) is 5.32 Å². The summed E-state index contributed by atoms with van der Waals surface area (Å²) in [7, 11) is 0. The van der Waals surface area contributed by atoms with E-state index >= 15 is 0 Å². The van der Waals surface area contributed by atoms with Crippen molar-refractivity contribution in [3.8, 4) is 0 Å². The minimum atomic E-state index is -0.571. The van der Waals surface area contributed by atoms with Crippen molar-refractivity contribution < 1.29 is 9.90 Å². The third-order valence-corrected chi connectivity index (χ3v) is 3.53. The first-order valence-electron chi connectivity index (χ1n) is 7.23.